The van der Waals surface area contributed by atoms with Gasteiger partial charge in [0.25, 0.3) is 0 Å². The fourth-order valence-corrected chi connectivity index (χ4v) is 5.46. The van der Waals surface area contributed by atoms with Crippen LogP contribution in [0.2, 0.25) is 0 Å². The van der Waals surface area contributed by atoms with E-state index in [1.165, 1.54) is 5.57 Å². The van der Waals surface area contributed by atoms with Gasteiger partial charge in [0.1, 0.15) is 6.29 Å². The van der Waals surface area contributed by atoms with Crippen LogP contribution in [-0.2, 0) is 18.8 Å². The lowest BCUT2D eigenvalue weighted by Crippen LogP contribution is -2.46. The third-order valence-electron chi connectivity index (χ3n) is 5.74. The van der Waals surface area contributed by atoms with Gasteiger partial charge >= 0.3 is 5.97 Å². The molecule has 0 aromatic rings. The molecule has 134 valence electrons. The van der Waals surface area contributed by atoms with Crippen LogP contribution in [-0.4, -0.2) is 28.5 Å². The van der Waals surface area contributed by atoms with Crippen LogP contribution < -0.4 is 0 Å². The third kappa shape index (κ3) is 2.44. The van der Waals surface area contributed by atoms with Crippen molar-refractivity contribution in [2.24, 2.45) is 16.7 Å². The molecule has 0 aromatic carbocycles. The maximum atomic E-state index is 13.0. The van der Waals surface area contributed by atoms with Crippen LogP contribution in [0.25, 0.3) is 0 Å². The van der Waals surface area contributed by atoms with Crippen LogP contribution in [0.5, 0.6) is 0 Å². The molecule has 24 heavy (non-hydrogen) atoms. The minimum Gasteiger partial charge on any atom is -0.430 e. The highest BCUT2D eigenvalue weighted by molar-refractivity contribution is 5.99. The molecule has 5 heteroatoms. The Balaban J connectivity index is 2.90. The maximum Gasteiger partial charge on any atom is 0.319 e. The van der Waals surface area contributed by atoms with Crippen molar-refractivity contribution in [2.75, 3.05) is 0 Å². The first-order valence-corrected chi connectivity index (χ1v) is 9.47. The minimum atomic E-state index is -0.987. The molecule has 0 amide bonds. The highest BCUT2D eigenvalue weighted by Gasteiger charge is 2.65. The van der Waals surface area contributed by atoms with E-state index in [9.17, 15) is 9.59 Å². The summed E-state index contributed by atoms with van der Waals surface area (Å²) in [6, 6.07) is 0. The first kappa shape index (κ1) is 19.1. The average molecular weight is 351 g/mol. The van der Waals surface area contributed by atoms with Gasteiger partial charge in [0.2, 0.25) is 5.79 Å². The van der Waals surface area contributed by atoms with Crippen molar-refractivity contribution in [3.05, 3.63) is 22.3 Å². The molecule has 0 saturated carbocycles. The van der Waals surface area contributed by atoms with Crippen LogP contribution in [0.4, 0.5) is 0 Å². The number of aldehydes is 1. The predicted molar refractivity (Wildman–Crippen MR) is 97.3 cm³/mol. The van der Waals surface area contributed by atoms with Gasteiger partial charge in [-0.05, 0) is 36.8 Å². The second-order valence-electron chi connectivity index (χ2n) is 8.27. The van der Waals surface area contributed by atoms with Gasteiger partial charge in [0, 0.05) is 24.8 Å². The van der Waals surface area contributed by atoms with Crippen LogP contribution in [0.15, 0.2) is 22.3 Å². The van der Waals surface area contributed by atoms with Crippen molar-refractivity contribution in [2.45, 2.75) is 67.1 Å². The predicted octanol–water partition coefficient (Wildman–Crippen LogP) is 2.85. The lowest BCUT2D eigenvalue weighted by atomic mass is 9.54. The number of fused-ring (bicyclic) bond motifs is 1. The molecule has 3 unspecified atom stereocenters. The van der Waals surface area contributed by atoms with E-state index in [4.69, 9.17) is 9.16 Å². The summed E-state index contributed by atoms with van der Waals surface area (Å²) in [4.78, 5) is 24.4. The summed E-state index contributed by atoms with van der Waals surface area (Å²) >= 11 is 0. The number of rotatable bonds is 4. The fourth-order valence-electron chi connectivity index (χ4n) is 5.17. The molecule has 1 aliphatic heterocycles. The third-order valence-corrected chi connectivity index (χ3v) is 6.52. The van der Waals surface area contributed by atoms with Crippen molar-refractivity contribution < 1.29 is 18.8 Å². The lowest BCUT2D eigenvalue weighted by Gasteiger charge is -2.47. The molecule has 1 saturated heterocycles. The highest BCUT2D eigenvalue weighted by atomic mass is 28.2. The van der Waals surface area contributed by atoms with Crippen molar-refractivity contribution in [1.82, 2.24) is 0 Å². The first-order valence-electron chi connectivity index (χ1n) is 8.65. The van der Waals surface area contributed by atoms with E-state index in [-0.39, 0.29) is 17.3 Å². The summed E-state index contributed by atoms with van der Waals surface area (Å²) < 4.78 is 11.5. The number of esters is 1. The number of hydrogen-bond donors (Lipinski definition) is 0. The Morgan fingerprint density at radius 1 is 1.33 bits per heavy atom. The molecule has 0 aromatic heterocycles. The van der Waals surface area contributed by atoms with E-state index in [2.05, 4.69) is 27.7 Å². The number of cyclic esters (lactones) is 1. The second kappa shape index (κ2) is 5.95. The van der Waals surface area contributed by atoms with Crippen LogP contribution >= 0.6 is 0 Å². The van der Waals surface area contributed by atoms with E-state index >= 15 is 0 Å². The summed E-state index contributed by atoms with van der Waals surface area (Å²) in [5.41, 5.74) is 3.28. The number of allylic oxidation sites excluding steroid dienone is 3. The van der Waals surface area contributed by atoms with Crippen molar-refractivity contribution in [3.63, 3.8) is 0 Å². The SMILES string of the molecule is CCC1=C(CC=O)C(C(C)(C)C)C2(C)C(=O)OC(C)(O[SiH3])C2=C1C. The normalized spacial score (nSPS) is 33.8. The molecule has 3 atom stereocenters. The van der Waals surface area contributed by atoms with Gasteiger partial charge in [-0.3, -0.25) is 4.79 Å². The molecule has 1 fully saturated rings. The highest BCUT2D eigenvalue weighted by Crippen LogP contribution is 2.62. The summed E-state index contributed by atoms with van der Waals surface area (Å²) in [5, 5.41) is 0. The van der Waals surface area contributed by atoms with Gasteiger partial charge in [-0.15, -0.1) is 0 Å². The fraction of sp³-hybridized carbons (Fsp3) is 0.684. The summed E-state index contributed by atoms with van der Waals surface area (Å²) in [5.74, 6) is -1.32. The monoisotopic (exact) mass is 350 g/mol. The number of hydrogen-bond acceptors (Lipinski definition) is 4. The van der Waals surface area contributed by atoms with Gasteiger partial charge in [-0.2, -0.15) is 0 Å². The Labute approximate surface area is 148 Å². The van der Waals surface area contributed by atoms with Gasteiger partial charge in [-0.25, -0.2) is 0 Å². The number of ether oxygens (including phenoxy) is 1. The topological polar surface area (TPSA) is 52.6 Å². The Morgan fingerprint density at radius 3 is 2.33 bits per heavy atom. The molecular formula is C19H30O4Si. The Kier molecular flexibility index (Phi) is 4.74. The zero-order valence-electron chi connectivity index (χ0n) is 16.2. The molecule has 0 radical (unpaired) electrons. The molecular weight excluding hydrogens is 320 g/mol. The standard InChI is InChI=1S/C19H30O4Si/c1-8-12-11(2)14-18(6,16(21)22-19(14,7)23-24)15(17(3,4)5)13(12)9-10-20/h10,15H,8-9H2,1-7,24H3. The molecule has 4 nitrogen and oxygen atoms in total. The molecule has 1 aliphatic carbocycles. The van der Waals surface area contributed by atoms with Gasteiger partial charge in [-0.1, -0.05) is 33.3 Å². The molecule has 2 aliphatic rings. The van der Waals surface area contributed by atoms with Crippen LogP contribution in [0.1, 0.15) is 61.3 Å². The Morgan fingerprint density at radius 2 is 1.92 bits per heavy atom. The van der Waals surface area contributed by atoms with E-state index in [1.54, 1.807) is 0 Å². The van der Waals surface area contributed by atoms with Gasteiger partial charge in [0.15, 0.2) is 10.5 Å². The number of carbonyl (C=O) groups is 2. The number of carbonyl (C=O) groups excluding carboxylic acids is 2. The molecule has 2 rings (SSSR count). The maximum absolute atomic E-state index is 13.0. The smallest absolute Gasteiger partial charge is 0.319 e. The minimum absolute atomic E-state index is 0.0880. The molecule has 1 heterocycles. The quantitative estimate of drug-likeness (QED) is 0.444. The summed E-state index contributed by atoms with van der Waals surface area (Å²) in [7, 11) is 0.477. The Hall–Kier alpha value is -1.20. The zero-order chi connectivity index (χ0) is 18.5. The molecule has 0 spiro atoms. The summed E-state index contributed by atoms with van der Waals surface area (Å²) in [6.45, 7) is 14.3. The van der Waals surface area contributed by atoms with Crippen molar-refractivity contribution in [1.29, 1.82) is 0 Å². The van der Waals surface area contributed by atoms with Crippen LogP contribution in [0.3, 0.4) is 0 Å². The average Bonchev–Trinajstić information content (AvgIpc) is 2.66. The van der Waals surface area contributed by atoms with E-state index in [0.717, 1.165) is 29.4 Å². The van der Waals surface area contributed by atoms with Gasteiger partial charge < -0.3 is 14.0 Å². The van der Waals surface area contributed by atoms with Crippen LogP contribution in [0, 0.1) is 16.7 Å². The van der Waals surface area contributed by atoms with Crippen molar-refractivity contribution in [3.8, 4) is 0 Å². The first-order chi connectivity index (χ1) is 11.0. The zero-order valence-corrected chi connectivity index (χ0v) is 18.2. The largest absolute Gasteiger partial charge is 0.430 e. The van der Waals surface area contributed by atoms with E-state index in [0.29, 0.717) is 16.9 Å². The van der Waals surface area contributed by atoms with Gasteiger partial charge in [0.05, 0.1) is 5.41 Å². The Bertz CT molecular complexity index is 640. The van der Waals surface area contributed by atoms with E-state index < -0.39 is 11.2 Å². The van der Waals surface area contributed by atoms with Crippen molar-refractivity contribution >= 4 is 22.7 Å². The summed E-state index contributed by atoms with van der Waals surface area (Å²) in [6.07, 6.45) is 2.14. The second-order valence-corrected chi connectivity index (χ2v) is 8.68. The molecule has 0 bridgehead atoms. The lowest BCUT2D eigenvalue weighted by molar-refractivity contribution is -0.171. The molecule has 0 N–H and O–H groups in total. The van der Waals surface area contributed by atoms with E-state index in [1.807, 2.05) is 20.8 Å².